The zero-order valence-electron chi connectivity index (χ0n) is 40.2. The molecule has 0 rings (SSSR count). The maximum atomic E-state index is 12.8. The molecule has 59 heavy (non-hydrogen) atoms. The van der Waals surface area contributed by atoms with Crippen LogP contribution in [-0.2, 0) is 28.6 Å². The second-order valence-electron chi connectivity index (χ2n) is 18.6. The number of carbonyl (C=O) groups is 3. The SMILES string of the molecule is CCCCCCCCCCCCCCCC(=O)OC[C@@H](COC(=O)CCCCCCCCCCCCCCC(C)C)OC(=O)CCCCCCCCCCCCCCC. The monoisotopic (exact) mass is 835 g/mol. The highest BCUT2D eigenvalue weighted by atomic mass is 16.6. The lowest BCUT2D eigenvalue weighted by atomic mass is 10.0. The Bertz CT molecular complexity index is 887. The maximum Gasteiger partial charge on any atom is 0.306 e. The molecule has 0 aliphatic heterocycles. The van der Waals surface area contributed by atoms with E-state index < -0.39 is 6.10 Å². The molecule has 1 atom stereocenters. The molecule has 0 radical (unpaired) electrons. The Labute approximate surface area is 368 Å². The first-order chi connectivity index (χ1) is 28.9. The fourth-order valence-corrected chi connectivity index (χ4v) is 8.04. The summed E-state index contributed by atoms with van der Waals surface area (Å²) in [4.78, 5) is 38.0. The van der Waals surface area contributed by atoms with Gasteiger partial charge in [0.25, 0.3) is 0 Å². The summed E-state index contributed by atoms with van der Waals surface area (Å²) in [7, 11) is 0. The van der Waals surface area contributed by atoms with Crippen LogP contribution in [0, 0.1) is 5.92 Å². The van der Waals surface area contributed by atoms with Crippen molar-refractivity contribution in [1.29, 1.82) is 0 Å². The van der Waals surface area contributed by atoms with Gasteiger partial charge in [-0.25, -0.2) is 0 Å². The molecule has 0 fully saturated rings. The van der Waals surface area contributed by atoms with Crippen LogP contribution >= 0.6 is 0 Å². The molecule has 0 bridgehead atoms. The zero-order chi connectivity index (χ0) is 43.1. The van der Waals surface area contributed by atoms with Crippen LogP contribution in [-0.4, -0.2) is 37.2 Å². The lowest BCUT2D eigenvalue weighted by molar-refractivity contribution is -0.167. The molecule has 6 nitrogen and oxygen atoms in total. The number of rotatable bonds is 48. The van der Waals surface area contributed by atoms with Crippen molar-refractivity contribution in [2.45, 2.75) is 303 Å². The predicted molar refractivity (Wildman–Crippen MR) is 252 cm³/mol. The Balaban J connectivity index is 4.31. The third-order valence-corrected chi connectivity index (χ3v) is 12.0. The molecule has 0 aliphatic rings. The number of esters is 3. The van der Waals surface area contributed by atoms with Crippen LogP contribution in [0.15, 0.2) is 0 Å². The van der Waals surface area contributed by atoms with Gasteiger partial charge in [-0.15, -0.1) is 0 Å². The Morgan fingerprint density at radius 3 is 0.831 bits per heavy atom. The van der Waals surface area contributed by atoms with Gasteiger partial charge in [0, 0.05) is 19.3 Å². The Kier molecular flexibility index (Phi) is 46.2. The average Bonchev–Trinajstić information content (AvgIpc) is 3.22. The molecular formula is C53H102O6. The second-order valence-corrected chi connectivity index (χ2v) is 18.6. The molecule has 0 saturated carbocycles. The van der Waals surface area contributed by atoms with Crippen molar-refractivity contribution in [3.63, 3.8) is 0 Å². The fraction of sp³-hybridized carbons (Fsp3) is 0.943. The molecule has 0 heterocycles. The van der Waals surface area contributed by atoms with Crippen molar-refractivity contribution in [2.75, 3.05) is 13.2 Å². The zero-order valence-corrected chi connectivity index (χ0v) is 40.2. The quantitative estimate of drug-likeness (QED) is 0.0345. The van der Waals surface area contributed by atoms with Gasteiger partial charge in [-0.1, -0.05) is 259 Å². The highest BCUT2D eigenvalue weighted by Gasteiger charge is 2.19. The Morgan fingerprint density at radius 2 is 0.559 bits per heavy atom. The summed E-state index contributed by atoms with van der Waals surface area (Å²) in [5.74, 6) is -0.00830. The lowest BCUT2D eigenvalue weighted by Gasteiger charge is -2.18. The molecule has 0 unspecified atom stereocenters. The Hall–Kier alpha value is -1.59. The number of ether oxygens (including phenoxy) is 3. The van der Waals surface area contributed by atoms with Crippen LogP contribution < -0.4 is 0 Å². The standard InChI is InChI=1S/C53H102O6/c1-5-7-9-11-13-15-17-19-24-28-32-36-40-44-51(54)57-47-50(59-53(56)46-42-38-34-30-26-20-18-16-14-12-10-8-6-2)48-58-52(55)45-41-37-33-29-25-22-21-23-27-31-35-39-43-49(3)4/h49-50H,5-48H2,1-4H3/t50-/m0/s1. The van der Waals surface area contributed by atoms with E-state index in [0.29, 0.717) is 19.3 Å². The summed E-state index contributed by atoms with van der Waals surface area (Å²) in [6, 6.07) is 0. The second kappa shape index (κ2) is 47.5. The fourth-order valence-electron chi connectivity index (χ4n) is 8.04. The molecular weight excluding hydrogens is 733 g/mol. The van der Waals surface area contributed by atoms with Crippen LogP contribution in [0.5, 0.6) is 0 Å². The average molecular weight is 835 g/mol. The summed E-state index contributed by atoms with van der Waals surface area (Å²) in [5.41, 5.74) is 0. The highest BCUT2D eigenvalue weighted by Crippen LogP contribution is 2.17. The van der Waals surface area contributed by atoms with E-state index in [1.54, 1.807) is 0 Å². The summed E-state index contributed by atoms with van der Waals surface area (Å²) in [6.07, 6.45) is 49.4. The molecule has 0 amide bonds. The lowest BCUT2D eigenvalue weighted by Crippen LogP contribution is -2.30. The van der Waals surface area contributed by atoms with Crippen molar-refractivity contribution in [3.05, 3.63) is 0 Å². The number of hydrogen-bond donors (Lipinski definition) is 0. The van der Waals surface area contributed by atoms with Crippen LogP contribution in [0.3, 0.4) is 0 Å². The normalized spacial score (nSPS) is 11.9. The molecule has 0 aromatic rings. The van der Waals surface area contributed by atoms with E-state index in [0.717, 1.165) is 63.7 Å². The van der Waals surface area contributed by atoms with E-state index in [4.69, 9.17) is 14.2 Å². The molecule has 350 valence electrons. The largest absolute Gasteiger partial charge is 0.462 e. The molecule has 0 aromatic carbocycles. The Morgan fingerprint density at radius 1 is 0.322 bits per heavy atom. The van der Waals surface area contributed by atoms with Gasteiger partial charge in [0.2, 0.25) is 0 Å². The third-order valence-electron chi connectivity index (χ3n) is 12.0. The number of hydrogen-bond acceptors (Lipinski definition) is 6. The van der Waals surface area contributed by atoms with Crippen LogP contribution in [0.4, 0.5) is 0 Å². The summed E-state index contributed by atoms with van der Waals surface area (Å²) in [5, 5.41) is 0. The minimum atomic E-state index is -0.760. The first kappa shape index (κ1) is 57.4. The molecule has 0 saturated heterocycles. The molecule has 0 N–H and O–H groups in total. The minimum absolute atomic E-state index is 0.0625. The van der Waals surface area contributed by atoms with Gasteiger partial charge in [-0.2, -0.15) is 0 Å². The van der Waals surface area contributed by atoms with Crippen LogP contribution in [0.1, 0.15) is 297 Å². The predicted octanol–water partition coefficient (Wildman–Crippen LogP) is 17.1. The number of unbranched alkanes of at least 4 members (excludes halogenated alkanes) is 35. The summed E-state index contributed by atoms with van der Waals surface area (Å²) < 4.78 is 16.8. The van der Waals surface area contributed by atoms with Gasteiger partial charge in [-0.05, 0) is 25.2 Å². The smallest absolute Gasteiger partial charge is 0.306 e. The van der Waals surface area contributed by atoms with Crippen molar-refractivity contribution in [3.8, 4) is 0 Å². The van der Waals surface area contributed by atoms with Gasteiger partial charge in [-0.3, -0.25) is 14.4 Å². The molecule has 0 spiro atoms. The number of carbonyl (C=O) groups excluding carboxylic acids is 3. The van der Waals surface area contributed by atoms with Gasteiger partial charge in [0.05, 0.1) is 0 Å². The van der Waals surface area contributed by atoms with Crippen molar-refractivity contribution in [1.82, 2.24) is 0 Å². The first-order valence-corrected chi connectivity index (χ1v) is 26.4. The summed E-state index contributed by atoms with van der Waals surface area (Å²) in [6.45, 7) is 9.03. The minimum Gasteiger partial charge on any atom is -0.462 e. The topological polar surface area (TPSA) is 78.9 Å². The van der Waals surface area contributed by atoms with E-state index in [-0.39, 0.29) is 31.1 Å². The molecule has 0 aromatic heterocycles. The van der Waals surface area contributed by atoms with E-state index in [1.807, 2.05) is 0 Å². The highest BCUT2D eigenvalue weighted by molar-refractivity contribution is 5.71. The van der Waals surface area contributed by atoms with Gasteiger partial charge in [0.15, 0.2) is 6.10 Å². The molecule has 6 heteroatoms. The van der Waals surface area contributed by atoms with E-state index in [1.165, 1.54) is 193 Å². The van der Waals surface area contributed by atoms with Crippen molar-refractivity contribution in [2.24, 2.45) is 5.92 Å². The van der Waals surface area contributed by atoms with Crippen molar-refractivity contribution < 1.29 is 28.6 Å². The molecule has 0 aliphatic carbocycles. The van der Waals surface area contributed by atoms with Crippen LogP contribution in [0.2, 0.25) is 0 Å². The maximum absolute atomic E-state index is 12.8. The first-order valence-electron chi connectivity index (χ1n) is 26.4. The van der Waals surface area contributed by atoms with E-state index in [2.05, 4.69) is 27.7 Å². The summed E-state index contributed by atoms with van der Waals surface area (Å²) >= 11 is 0. The van der Waals surface area contributed by atoms with Gasteiger partial charge < -0.3 is 14.2 Å². The van der Waals surface area contributed by atoms with E-state index >= 15 is 0 Å². The van der Waals surface area contributed by atoms with Crippen molar-refractivity contribution >= 4 is 17.9 Å². The third kappa shape index (κ3) is 47.3. The van der Waals surface area contributed by atoms with Gasteiger partial charge in [0.1, 0.15) is 13.2 Å². The van der Waals surface area contributed by atoms with Crippen LogP contribution in [0.25, 0.3) is 0 Å². The van der Waals surface area contributed by atoms with E-state index in [9.17, 15) is 14.4 Å². The van der Waals surface area contributed by atoms with Gasteiger partial charge >= 0.3 is 17.9 Å².